The highest BCUT2D eigenvalue weighted by atomic mass is 16.5. The number of carbonyl (C=O) groups is 2. The molecule has 0 amide bonds. The third-order valence-electron chi connectivity index (χ3n) is 4.57. The SMILES string of the molecule is COc1cccc(C=C2Oc3cc(OC(=O)c4ccccc4OC)ccc3C2=O)c1. The topological polar surface area (TPSA) is 71.1 Å². The number of benzene rings is 3. The molecule has 30 heavy (non-hydrogen) atoms. The number of esters is 1. The average molecular weight is 402 g/mol. The van der Waals surface area contributed by atoms with Gasteiger partial charge in [-0.3, -0.25) is 4.79 Å². The van der Waals surface area contributed by atoms with E-state index in [1.54, 1.807) is 55.7 Å². The van der Waals surface area contributed by atoms with Gasteiger partial charge in [-0.2, -0.15) is 0 Å². The van der Waals surface area contributed by atoms with Crippen molar-refractivity contribution in [2.45, 2.75) is 0 Å². The van der Waals surface area contributed by atoms with Gasteiger partial charge in [0, 0.05) is 6.07 Å². The van der Waals surface area contributed by atoms with Crippen molar-refractivity contribution in [1.29, 1.82) is 0 Å². The summed E-state index contributed by atoms with van der Waals surface area (Å²) in [6, 6.07) is 18.7. The van der Waals surface area contributed by atoms with Gasteiger partial charge in [-0.1, -0.05) is 24.3 Å². The zero-order valence-electron chi connectivity index (χ0n) is 16.4. The molecule has 0 saturated carbocycles. The van der Waals surface area contributed by atoms with E-state index in [1.165, 1.54) is 13.2 Å². The largest absolute Gasteiger partial charge is 0.497 e. The molecule has 0 unspecified atom stereocenters. The molecule has 150 valence electrons. The Hall–Kier alpha value is -4.06. The van der Waals surface area contributed by atoms with Gasteiger partial charge in [-0.25, -0.2) is 4.79 Å². The minimum Gasteiger partial charge on any atom is -0.497 e. The predicted molar refractivity (Wildman–Crippen MR) is 110 cm³/mol. The van der Waals surface area contributed by atoms with E-state index in [2.05, 4.69) is 0 Å². The van der Waals surface area contributed by atoms with Crippen LogP contribution in [0.5, 0.6) is 23.0 Å². The standard InChI is InChI=1S/C24H18O6/c1-27-16-7-5-6-15(12-16)13-22-23(25)18-11-10-17(14-21(18)30-22)29-24(26)19-8-3-4-9-20(19)28-2/h3-14H,1-2H3. The van der Waals surface area contributed by atoms with Crippen molar-refractivity contribution in [3.8, 4) is 23.0 Å². The number of para-hydroxylation sites is 1. The molecular weight excluding hydrogens is 384 g/mol. The summed E-state index contributed by atoms with van der Waals surface area (Å²) in [5.41, 5.74) is 1.48. The van der Waals surface area contributed by atoms with Crippen LogP contribution in [0.4, 0.5) is 0 Å². The van der Waals surface area contributed by atoms with E-state index in [9.17, 15) is 9.59 Å². The number of hydrogen-bond donors (Lipinski definition) is 0. The Morgan fingerprint density at radius 2 is 1.73 bits per heavy atom. The Balaban J connectivity index is 1.56. The zero-order valence-corrected chi connectivity index (χ0v) is 16.4. The number of hydrogen-bond acceptors (Lipinski definition) is 6. The maximum Gasteiger partial charge on any atom is 0.347 e. The first kappa shape index (κ1) is 19.3. The van der Waals surface area contributed by atoms with Crippen LogP contribution < -0.4 is 18.9 Å². The first-order chi connectivity index (χ1) is 14.6. The molecule has 3 aromatic carbocycles. The van der Waals surface area contributed by atoms with Crippen molar-refractivity contribution in [1.82, 2.24) is 0 Å². The number of fused-ring (bicyclic) bond motifs is 1. The molecule has 0 aliphatic carbocycles. The van der Waals surface area contributed by atoms with Crippen LogP contribution in [0.3, 0.4) is 0 Å². The summed E-state index contributed by atoms with van der Waals surface area (Å²) in [6.45, 7) is 0. The summed E-state index contributed by atoms with van der Waals surface area (Å²) in [5, 5.41) is 0. The molecule has 0 aromatic heterocycles. The fourth-order valence-electron chi connectivity index (χ4n) is 3.09. The van der Waals surface area contributed by atoms with E-state index < -0.39 is 5.97 Å². The van der Waals surface area contributed by atoms with E-state index in [-0.39, 0.29) is 17.3 Å². The third-order valence-corrected chi connectivity index (χ3v) is 4.57. The summed E-state index contributed by atoms with van der Waals surface area (Å²) in [5.74, 6) is 1.07. The van der Waals surface area contributed by atoms with Crippen LogP contribution in [0.2, 0.25) is 0 Å². The van der Waals surface area contributed by atoms with E-state index >= 15 is 0 Å². The van der Waals surface area contributed by atoms with E-state index in [0.29, 0.717) is 28.4 Å². The average Bonchev–Trinajstić information content (AvgIpc) is 3.08. The van der Waals surface area contributed by atoms with Crippen molar-refractivity contribution in [2.24, 2.45) is 0 Å². The Kier molecular flexibility index (Phi) is 5.22. The second-order valence-corrected chi connectivity index (χ2v) is 6.46. The second-order valence-electron chi connectivity index (χ2n) is 6.46. The lowest BCUT2D eigenvalue weighted by molar-refractivity contribution is 0.0731. The fraction of sp³-hybridized carbons (Fsp3) is 0.0833. The number of methoxy groups -OCH3 is 2. The number of ether oxygens (including phenoxy) is 4. The molecule has 1 aliphatic rings. The number of Topliss-reactive ketones (excluding diaryl/α,β-unsaturated/α-hetero) is 1. The summed E-state index contributed by atoms with van der Waals surface area (Å²) in [6.07, 6.45) is 1.64. The first-order valence-electron chi connectivity index (χ1n) is 9.16. The normalized spacial score (nSPS) is 13.5. The summed E-state index contributed by atoms with van der Waals surface area (Å²) in [4.78, 5) is 25.1. The Labute approximate surface area is 173 Å². The molecule has 3 aromatic rings. The number of rotatable bonds is 5. The number of ketones is 1. The van der Waals surface area contributed by atoms with Gasteiger partial charge in [0.1, 0.15) is 28.6 Å². The Morgan fingerprint density at radius 1 is 0.900 bits per heavy atom. The lowest BCUT2D eigenvalue weighted by Crippen LogP contribution is -2.10. The molecule has 0 radical (unpaired) electrons. The minimum atomic E-state index is -0.566. The summed E-state index contributed by atoms with van der Waals surface area (Å²) >= 11 is 0. The van der Waals surface area contributed by atoms with Crippen molar-refractivity contribution in [2.75, 3.05) is 14.2 Å². The molecule has 0 spiro atoms. The van der Waals surface area contributed by atoms with Crippen molar-refractivity contribution >= 4 is 17.8 Å². The Morgan fingerprint density at radius 3 is 2.53 bits per heavy atom. The van der Waals surface area contributed by atoms with Gasteiger partial charge in [0.25, 0.3) is 0 Å². The Bertz CT molecular complexity index is 1160. The van der Waals surface area contributed by atoms with Gasteiger partial charge in [0.15, 0.2) is 5.76 Å². The smallest absolute Gasteiger partial charge is 0.347 e. The maximum atomic E-state index is 12.6. The molecule has 6 nitrogen and oxygen atoms in total. The molecule has 4 rings (SSSR count). The third kappa shape index (κ3) is 3.75. The first-order valence-corrected chi connectivity index (χ1v) is 9.16. The van der Waals surface area contributed by atoms with Crippen LogP contribution in [0.15, 0.2) is 72.5 Å². The highest BCUT2D eigenvalue weighted by Gasteiger charge is 2.28. The van der Waals surface area contributed by atoms with Crippen LogP contribution >= 0.6 is 0 Å². The molecule has 0 saturated heterocycles. The van der Waals surface area contributed by atoms with Crippen LogP contribution in [0.25, 0.3) is 6.08 Å². The van der Waals surface area contributed by atoms with Gasteiger partial charge < -0.3 is 18.9 Å². The van der Waals surface area contributed by atoms with Crippen molar-refractivity contribution in [3.63, 3.8) is 0 Å². The van der Waals surface area contributed by atoms with Gasteiger partial charge in [-0.05, 0) is 48.0 Å². The molecule has 0 N–H and O–H groups in total. The van der Waals surface area contributed by atoms with Gasteiger partial charge in [0.05, 0.1) is 19.8 Å². The lowest BCUT2D eigenvalue weighted by atomic mass is 10.1. The predicted octanol–water partition coefficient (Wildman–Crippen LogP) is 4.54. The van der Waals surface area contributed by atoms with Crippen LogP contribution in [-0.2, 0) is 0 Å². The molecule has 1 aliphatic heterocycles. The highest BCUT2D eigenvalue weighted by molar-refractivity contribution is 6.14. The summed E-state index contributed by atoms with van der Waals surface area (Å²) < 4.78 is 21.6. The summed E-state index contributed by atoms with van der Waals surface area (Å²) in [7, 11) is 3.06. The van der Waals surface area contributed by atoms with Gasteiger partial charge in [0.2, 0.25) is 5.78 Å². The van der Waals surface area contributed by atoms with Crippen LogP contribution in [-0.4, -0.2) is 26.0 Å². The molecule has 6 heteroatoms. The van der Waals surface area contributed by atoms with Gasteiger partial charge >= 0.3 is 5.97 Å². The fourth-order valence-corrected chi connectivity index (χ4v) is 3.09. The van der Waals surface area contributed by atoms with E-state index in [4.69, 9.17) is 18.9 Å². The molecule has 0 fully saturated rings. The molecule has 1 heterocycles. The van der Waals surface area contributed by atoms with Crippen LogP contribution in [0.1, 0.15) is 26.3 Å². The monoisotopic (exact) mass is 402 g/mol. The zero-order chi connectivity index (χ0) is 21.1. The minimum absolute atomic E-state index is 0.187. The van der Waals surface area contributed by atoms with Gasteiger partial charge in [-0.15, -0.1) is 0 Å². The molecular formula is C24H18O6. The van der Waals surface area contributed by atoms with E-state index in [0.717, 1.165) is 5.56 Å². The molecule has 0 atom stereocenters. The quantitative estimate of drug-likeness (QED) is 0.355. The maximum absolute atomic E-state index is 12.6. The second kappa shape index (κ2) is 8.13. The molecule has 0 bridgehead atoms. The highest BCUT2D eigenvalue weighted by Crippen LogP contribution is 2.35. The number of carbonyl (C=O) groups excluding carboxylic acids is 2. The van der Waals surface area contributed by atoms with Crippen molar-refractivity contribution < 1.29 is 28.5 Å². The lowest BCUT2D eigenvalue weighted by Gasteiger charge is -2.08. The van der Waals surface area contributed by atoms with Crippen LogP contribution in [0, 0.1) is 0 Å². The van der Waals surface area contributed by atoms with E-state index in [1.807, 2.05) is 18.2 Å². The number of allylic oxidation sites excluding steroid dienone is 1. The van der Waals surface area contributed by atoms with Crippen molar-refractivity contribution in [3.05, 3.63) is 89.2 Å².